The summed E-state index contributed by atoms with van der Waals surface area (Å²) in [6.07, 6.45) is 8.88. The maximum atomic E-state index is 12.1. The lowest BCUT2D eigenvalue weighted by Gasteiger charge is -2.47. The van der Waals surface area contributed by atoms with Crippen LogP contribution in [0.3, 0.4) is 0 Å². The maximum absolute atomic E-state index is 12.1. The van der Waals surface area contributed by atoms with Crippen molar-refractivity contribution >= 4 is 5.91 Å². The van der Waals surface area contributed by atoms with Crippen LogP contribution in [-0.2, 0) is 17.9 Å². The SMILES string of the molecule is CCn1ccc(CN2CCC3(CCC(=O)N(C4CC4)C3)CC2)n1. The van der Waals surface area contributed by atoms with E-state index >= 15 is 0 Å². The summed E-state index contributed by atoms with van der Waals surface area (Å²) in [6.45, 7) is 7.34. The Balaban J connectivity index is 1.34. The smallest absolute Gasteiger partial charge is 0.222 e. The van der Waals surface area contributed by atoms with Gasteiger partial charge in [-0.1, -0.05) is 0 Å². The van der Waals surface area contributed by atoms with Crippen molar-refractivity contribution in [3.05, 3.63) is 18.0 Å². The minimum Gasteiger partial charge on any atom is -0.339 e. The Bertz CT molecular complexity index is 569. The Kier molecular flexibility index (Phi) is 3.92. The van der Waals surface area contributed by atoms with Crippen LogP contribution >= 0.6 is 0 Å². The first kappa shape index (κ1) is 15.2. The van der Waals surface area contributed by atoms with Gasteiger partial charge in [-0.05, 0) is 63.6 Å². The van der Waals surface area contributed by atoms with E-state index in [-0.39, 0.29) is 0 Å². The fourth-order valence-electron chi connectivity index (χ4n) is 4.25. The highest BCUT2D eigenvalue weighted by atomic mass is 16.2. The van der Waals surface area contributed by atoms with Gasteiger partial charge < -0.3 is 4.90 Å². The third-order valence-electron chi connectivity index (χ3n) is 6.01. The Morgan fingerprint density at radius 1 is 1.26 bits per heavy atom. The molecule has 2 saturated heterocycles. The number of carbonyl (C=O) groups excluding carboxylic acids is 1. The molecule has 1 saturated carbocycles. The maximum Gasteiger partial charge on any atom is 0.222 e. The minimum atomic E-state index is 0.399. The largest absolute Gasteiger partial charge is 0.339 e. The molecule has 1 aromatic rings. The molecular formula is C18H28N4O. The van der Waals surface area contributed by atoms with Crippen molar-refractivity contribution < 1.29 is 4.79 Å². The monoisotopic (exact) mass is 316 g/mol. The first-order valence-electron chi connectivity index (χ1n) is 9.22. The molecule has 0 atom stereocenters. The van der Waals surface area contributed by atoms with E-state index in [9.17, 15) is 4.79 Å². The third kappa shape index (κ3) is 3.16. The fraction of sp³-hybridized carbons (Fsp3) is 0.778. The van der Waals surface area contributed by atoms with Gasteiger partial charge in [-0.15, -0.1) is 0 Å². The van der Waals surface area contributed by atoms with Crippen LogP contribution in [0.25, 0.3) is 0 Å². The molecule has 0 radical (unpaired) electrons. The molecule has 126 valence electrons. The minimum absolute atomic E-state index is 0.399. The van der Waals surface area contributed by atoms with E-state index in [1.807, 2.05) is 4.68 Å². The van der Waals surface area contributed by atoms with Crippen LogP contribution in [0.4, 0.5) is 0 Å². The third-order valence-corrected chi connectivity index (χ3v) is 6.01. The molecule has 3 fully saturated rings. The fourth-order valence-corrected chi connectivity index (χ4v) is 4.25. The first-order valence-corrected chi connectivity index (χ1v) is 9.22. The Morgan fingerprint density at radius 3 is 2.70 bits per heavy atom. The first-order chi connectivity index (χ1) is 11.2. The van der Waals surface area contributed by atoms with Crippen LogP contribution in [-0.4, -0.2) is 51.2 Å². The summed E-state index contributed by atoms with van der Waals surface area (Å²) in [5.74, 6) is 0.408. The Labute approximate surface area is 138 Å². The highest BCUT2D eigenvalue weighted by Gasteiger charge is 2.44. The number of hydrogen-bond donors (Lipinski definition) is 0. The molecule has 5 nitrogen and oxygen atoms in total. The molecule has 0 unspecified atom stereocenters. The number of rotatable bonds is 4. The molecule has 0 aromatic carbocycles. The van der Waals surface area contributed by atoms with Crippen molar-refractivity contribution in [2.24, 2.45) is 5.41 Å². The normalized spacial score (nSPS) is 25.3. The van der Waals surface area contributed by atoms with E-state index in [4.69, 9.17) is 0 Å². The second-order valence-electron chi connectivity index (χ2n) is 7.69. The molecule has 5 heteroatoms. The second-order valence-corrected chi connectivity index (χ2v) is 7.69. The number of nitrogens with zero attached hydrogens (tertiary/aromatic N) is 4. The topological polar surface area (TPSA) is 41.4 Å². The molecule has 3 aliphatic rings. The molecule has 0 N–H and O–H groups in total. The molecule has 0 bridgehead atoms. The van der Waals surface area contributed by atoms with Crippen LogP contribution < -0.4 is 0 Å². The van der Waals surface area contributed by atoms with Gasteiger partial charge in [-0.2, -0.15) is 5.10 Å². The highest BCUT2D eigenvalue weighted by molar-refractivity contribution is 5.77. The predicted octanol–water partition coefficient (Wildman–Crippen LogP) is 2.27. The summed E-state index contributed by atoms with van der Waals surface area (Å²) in [5, 5.41) is 4.60. The average Bonchev–Trinajstić information content (AvgIpc) is 3.32. The van der Waals surface area contributed by atoms with Crippen molar-refractivity contribution in [3.8, 4) is 0 Å². The van der Waals surface area contributed by atoms with Gasteiger partial charge in [0.25, 0.3) is 0 Å². The molecule has 1 amide bonds. The summed E-state index contributed by atoms with van der Waals surface area (Å²) in [5.41, 5.74) is 1.58. The van der Waals surface area contributed by atoms with E-state index in [0.29, 0.717) is 17.4 Å². The lowest BCUT2D eigenvalue weighted by molar-refractivity contribution is -0.139. The summed E-state index contributed by atoms with van der Waals surface area (Å²) < 4.78 is 2.00. The Morgan fingerprint density at radius 2 is 2.04 bits per heavy atom. The molecule has 2 aliphatic heterocycles. The number of hydrogen-bond acceptors (Lipinski definition) is 3. The lowest BCUT2D eigenvalue weighted by Crippen LogP contribution is -2.52. The van der Waals surface area contributed by atoms with E-state index in [0.717, 1.165) is 45.6 Å². The summed E-state index contributed by atoms with van der Waals surface area (Å²) in [4.78, 5) is 16.9. The van der Waals surface area contributed by atoms with Crippen molar-refractivity contribution in [2.45, 2.75) is 64.6 Å². The number of carbonyl (C=O) groups is 1. The summed E-state index contributed by atoms with van der Waals surface area (Å²) in [7, 11) is 0. The molecule has 1 spiro atoms. The van der Waals surface area contributed by atoms with Crippen LogP contribution in [0, 0.1) is 5.41 Å². The molecule has 3 heterocycles. The lowest BCUT2D eigenvalue weighted by atomic mass is 9.72. The van der Waals surface area contributed by atoms with Crippen molar-refractivity contribution in [2.75, 3.05) is 19.6 Å². The van der Waals surface area contributed by atoms with Crippen LogP contribution in [0.2, 0.25) is 0 Å². The van der Waals surface area contributed by atoms with E-state index in [2.05, 4.69) is 34.1 Å². The van der Waals surface area contributed by atoms with Crippen LogP contribution in [0.5, 0.6) is 0 Å². The van der Waals surface area contributed by atoms with Gasteiger partial charge in [0.15, 0.2) is 0 Å². The molecular weight excluding hydrogens is 288 g/mol. The number of aryl methyl sites for hydroxylation is 1. The predicted molar refractivity (Wildman–Crippen MR) is 88.8 cm³/mol. The van der Waals surface area contributed by atoms with Crippen molar-refractivity contribution in [1.29, 1.82) is 0 Å². The van der Waals surface area contributed by atoms with E-state index in [1.165, 1.54) is 31.4 Å². The van der Waals surface area contributed by atoms with Gasteiger partial charge in [0.05, 0.1) is 5.69 Å². The van der Waals surface area contributed by atoms with Gasteiger partial charge in [-0.3, -0.25) is 14.4 Å². The van der Waals surface area contributed by atoms with Crippen molar-refractivity contribution in [3.63, 3.8) is 0 Å². The van der Waals surface area contributed by atoms with Gasteiger partial charge in [-0.25, -0.2) is 0 Å². The zero-order valence-electron chi connectivity index (χ0n) is 14.2. The standard InChI is InChI=1S/C18H28N4O/c1-2-21-10-6-15(19-21)13-20-11-8-18(9-12-20)7-5-17(23)22(14-18)16-3-4-16/h6,10,16H,2-5,7-9,11-14H2,1H3. The van der Waals surface area contributed by atoms with Crippen molar-refractivity contribution in [1.82, 2.24) is 19.6 Å². The zero-order valence-corrected chi connectivity index (χ0v) is 14.2. The van der Waals surface area contributed by atoms with Crippen LogP contribution in [0.1, 0.15) is 51.1 Å². The average molecular weight is 316 g/mol. The van der Waals surface area contributed by atoms with Gasteiger partial charge in [0, 0.05) is 38.3 Å². The zero-order chi connectivity index (χ0) is 15.9. The second kappa shape index (κ2) is 5.93. The molecule has 23 heavy (non-hydrogen) atoms. The Hall–Kier alpha value is -1.36. The van der Waals surface area contributed by atoms with Crippen LogP contribution in [0.15, 0.2) is 12.3 Å². The number of amides is 1. The number of aromatic nitrogens is 2. The molecule has 1 aliphatic carbocycles. The number of piperidine rings is 2. The van der Waals surface area contributed by atoms with Gasteiger partial charge >= 0.3 is 0 Å². The molecule has 1 aromatic heterocycles. The van der Waals surface area contributed by atoms with E-state index in [1.54, 1.807) is 0 Å². The molecule has 4 rings (SSSR count). The summed E-state index contributed by atoms with van der Waals surface area (Å²) in [6, 6.07) is 2.72. The summed E-state index contributed by atoms with van der Waals surface area (Å²) >= 11 is 0. The van der Waals surface area contributed by atoms with Gasteiger partial charge in [0.2, 0.25) is 5.91 Å². The quantitative estimate of drug-likeness (QED) is 0.856. The van der Waals surface area contributed by atoms with Gasteiger partial charge in [0.1, 0.15) is 0 Å². The number of likely N-dealkylation sites (tertiary alicyclic amines) is 2. The highest BCUT2D eigenvalue weighted by Crippen LogP contribution is 2.43. The van der Waals surface area contributed by atoms with E-state index < -0.39 is 0 Å².